The number of halogens is 1. The predicted molar refractivity (Wildman–Crippen MR) is 87.2 cm³/mol. The standard InChI is InChI=1S/C15H18ClN3OS/c1-2-3-12-9-14(20)19-15(18-12)21-13-8-11(16)5-4-10(13)6-7-17/h4-5,8-9H,2-3,6-7,17H2,1H3,(H,18,19,20). The number of aromatic amines is 1. The van der Waals surface area contributed by atoms with Crippen LogP contribution in [0.15, 0.2) is 39.1 Å². The van der Waals surface area contributed by atoms with Crippen LogP contribution in [0.1, 0.15) is 24.6 Å². The second kappa shape index (κ2) is 7.64. The van der Waals surface area contributed by atoms with Crippen molar-refractivity contribution in [2.24, 2.45) is 5.73 Å². The lowest BCUT2D eigenvalue weighted by Gasteiger charge is -2.09. The molecule has 4 nitrogen and oxygen atoms in total. The molecular weight excluding hydrogens is 306 g/mol. The third-order valence-electron chi connectivity index (χ3n) is 2.93. The normalized spacial score (nSPS) is 10.8. The van der Waals surface area contributed by atoms with Crippen LogP contribution in [-0.2, 0) is 12.8 Å². The zero-order chi connectivity index (χ0) is 15.2. The van der Waals surface area contributed by atoms with Gasteiger partial charge in [0.05, 0.1) is 0 Å². The second-order valence-corrected chi connectivity index (χ2v) is 6.15. The number of benzene rings is 1. The van der Waals surface area contributed by atoms with Crippen molar-refractivity contribution >= 4 is 23.4 Å². The van der Waals surface area contributed by atoms with E-state index in [1.165, 1.54) is 11.8 Å². The Morgan fingerprint density at radius 2 is 2.14 bits per heavy atom. The van der Waals surface area contributed by atoms with Crippen LogP contribution in [0.5, 0.6) is 0 Å². The van der Waals surface area contributed by atoms with Crippen LogP contribution >= 0.6 is 23.4 Å². The lowest BCUT2D eigenvalue weighted by atomic mass is 10.1. The van der Waals surface area contributed by atoms with E-state index in [2.05, 4.69) is 16.9 Å². The molecule has 0 aliphatic rings. The Bertz CT molecular complexity index is 672. The van der Waals surface area contributed by atoms with E-state index >= 15 is 0 Å². The minimum atomic E-state index is -0.127. The molecule has 6 heteroatoms. The lowest BCUT2D eigenvalue weighted by Crippen LogP contribution is -2.10. The molecule has 2 rings (SSSR count). The Kier molecular flexibility index (Phi) is 5.85. The molecule has 2 aromatic rings. The fourth-order valence-electron chi connectivity index (χ4n) is 2.01. The van der Waals surface area contributed by atoms with Crippen LogP contribution in [0, 0.1) is 0 Å². The number of nitrogens with zero attached hydrogens (tertiary/aromatic N) is 1. The van der Waals surface area contributed by atoms with Crippen molar-refractivity contribution in [1.82, 2.24) is 9.97 Å². The van der Waals surface area contributed by atoms with Gasteiger partial charge in [-0.25, -0.2) is 4.98 Å². The first kappa shape index (κ1) is 16.1. The third kappa shape index (κ3) is 4.59. The monoisotopic (exact) mass is 323 g/mol. The van der Waals surface area contributed by atoms with Crippen molar-refractivity contribution in [2.45, 2.75) is 36.2 Å². The van der Waals surface area contributed by atoms with E-state index in [-0.39, 0.29) is 5.56 Å². The molecule has 3 N–H and O–H groups in total. The van der Waals surface area contributed by atoms with Crippen LogP contribution in [0.2, 0.25) is 5.02 Å². The summed E-state index contributed by atoms with van der Waals surface area (Å²) in [5.74, 6) is 0. The highest BCUT2D eigenvalue weighted by Gasteiger charge is 2.08. The van der Waals surface area contributed by atoms with Gasteiger partial charge in [0.1, 0.15) is 0 Å². The summed E-state index contributed by atoms with van der Waals surface area (Å²) < 4.78 is 0. The topological polar surface area (TPSA) is 71.8 Å². The molecule has 1 heterocycles. The molecule has 0 unspecified atom stereocenters. The van der Waals surface area contributed by atoms with Gasteiger partial charge >= 0.3 is 0 Å². The van der Waals surface area contributed by atoms with Gasteiger partial charge in [-0.2, -0.15) is 0 Å². The van der Waals surface area contributed by atoms with Crippen molar-refractivity contribution in [3.8, 4) is 0 Å². The molecule has 0 spiro atoms. The van der Waals surface area contributed by atoms with Crippen LogP contribution in [0.25, 0.3) is 0 Å². The lowest BCUT2D eigenvalue weighted by molar-refractivity contribution is 0.815. The number of aromatic nitrogens is 2. The molecule has 21 heavy (non-hydrogen) atoms. The molecule has 0 atom stereocenters. The number of H-pyrrole nitrogens is 1. The van der Waals surface area contributed by atoms with Crippen molar-refractivity contribution in [3.63, 3.8) is 0 Å². The van der Waals surface area contributed by atoms with Crippen LogP contribution in [0.4, 0.5) is 0 Å². The summed E-state index contributed by atoms with van der Waals surface area (Å²) in [6, 6.07) is 7.24. The van der Waals surface area contributed by atoms with Crippen molar-refractivity contribution in [3.05, 3.63) is 50.9 Å². The maximum absolute atomic E-state index is 11.7. The van der Waals surface area contributed by atoms with Gasteiger partial charge in [-0.05, 0) is 37.1 Å². The zero-order valence-corrected chi connectivity index (χ0v) is 13.4. The minimum Gasteiger partial charge on any atom is -0.330 e. The SMILES string of the molecule is CCCc1cc(=O)[nH]c(Sc2cc(Cl)ccc2CCN)n1. The van der Waals surface area contributed by atoms with E-state index in [1.54, 1.807) is 6.07 Å². The highest BCUT2D eigenvalue weighted by molar-refractivity contribution is 7.99. The number of nitrogens with two attached hydrogens (primary N) is 1. The second-order valence-electron chi connectivity index (χ2n) is 4.68. The Morgan fingerprint density at radius 3 is 2.86 bits per heavy atom. The fraction of sp³-hybridized carbons (Fsp3) is 0.333. The Morgan fingerprint density at radius 1 is 1.33 bits per heavy atom. The van der Waals surface area contributed by atoms with E-state index in [9.17, 15) is 4.79 Å². The van der Waals surface area contributed by atoms with E-state index in [0.717, 1.165) is 35.4 Å². The first-order valence-electron chi connectivity index (χ1n) is 6.89. The highest BCUT2D eigenvalue weighted by Crippen LogP contribution is 2.30. The smallest absolute Gasteiger partial charge is 0.251 e. The molecule has 0 aliphatic carbocycles. The molecule has 1 aromatic heterocycles. The van der Waals surface area contributed by atoms with Gasteiger partial charge in [0, 0.05) is 21.7 Å². The average Bonchev–Trinajstić information content (AvgIpc) is 2.42. The molecule has 0 fully saturated rings. The predicted octanol–water partition coefficient (Wildman–Crippen LogP) is 3.03. The van der Waals surface area contributed by atoms with Crippen molar-refractivity contribution in [1.29, 1.82) is 0 Å². The first-order chi connectivity index (χ1) is 10.1. The number of nitrogens with one attached hydrogen (secondary N) is 1. The van der Waals surface area contributed by atoms with E-state index in [4.69, 9.17) is 17.3 Å². The molecule has 1 aromatic carbocycles. The largest absolute Gasteiger partial charge is 0.330 e. The summed E-state index contributed by atoms with van der Waals surface area (Å²) in [6.45, 7) is 2.63. The van der Waals surface area contributed by atoms with Gasteiger partial charge in [-0.1, -0.05) is 42.8 Å². The van der Waals surface area contributed by atoms with E-state index in [0.29, 0.717) is 16.7 Å². The van der Waals surface area contributed by atoms with Crippen molar-refractivity contribution < 1.29 is 0 Å². The number of hydrogen-bond donors (Lipinski definition) is 2. The summed E-state index contributed by atoms with van der Waals surface area (Å²) >= 11 is 7.47. The molecule has 0 amide bonds. The summed E-state index contributed by atoms with van der Waals surface area (Å²) in [7, 11) is 0. The van der Waals surface area contributed by atoms with Crippen LogP contribution in [-0.4, -0.2) is 16.5 Å². The maximum Gasteiger partial charge on any atom is 0.251 e. The Labute approximate surface area is 133 Å². The quantitative estimate of drug-likeness (QED) is 0.801. The van der Waals surface area contributed by atoms with Gasteiger partial charge in [-0.15, -0.1) is 0 Å². The number of hydrogen-bond acceptors (Lipinski definition) is 4. The zero-order valence-electron chi connectivity index (χ0n) is 11.9. The molecule has 0 bridgehead atoms. The van der Waals surface area contributed by atoms with Gasteiger partial charge < -0.3 is 10.7 Å². The van der Waals surface area contributed by atoms with E-state index in [1.807, 2.05) is 18.2 Å². The third-order valence-corrected chi connectivity index (χ3v) is 4.15. The molecule has 0 saturated heterocycles. The summed E-state index contributed by atoms with van der Waals surface area (Å²) in [5.41, 5.74) is 7.42. The molecule has 0 aliphatic heterocycles. The highest BCUT2D eigenvalue weighted by atomic mass is 35.5. The Balaban J connectivity index is 2.33. The summed E-state index contributed by atoms with van der Waals surface area (Å²) in [5, 5.41) is 1.25. The fourth-order valence-corrected chi connectivity index (χ4v) is 3.25. The Hall–Kier alpha value is -1.30. The van der Waals surface area contributed by atoms with E-state index < -0.39 is 0 Å². The summed E-state index contributed by atoms with van der Waals surface area (Å²) in [4.78, 5) is 19.9. The molecule has 0 radical (unpaired) electrons. The van der Waals surface area contributed by atoms with Gasteiger partial charge in [0.15, 0.2) is 5.16 Å². The van der Waals surface area contributed by atoms with Crippen molar-refractivity contribution in [2.75, 3.05) is 6.54 Å². The van der Waals surface area contributed by atoms with Gasteiger partial charge in [-0.3, -0.25) is 4.79 Å². The first-order valence-corrected chi connectivity index (χ1v) is 8.08. The molecule has 112 valence electrons. The summed E-state index contributed by atoms with van der Waals surface area (Å²) in [6.07, 6.45) is 2.51. The maximum atomic E-state index is 11.7. The number of rotatable bonds is 6. The molecule has 0 saturated carbocycles. The van der Waals surface area contributed by atoms with Crippen LogP contribution < -0.4 is 11.3 Å². The van der Waals surface area contributed by atoms with Crippen LogP contribution in [0.3, 0.4) is 0 Å². The number of aryl methyl sites for hydroxylation is 1. The minimum absolute atomic E-state index is 0.127. The van der Waals surface area contributed by atoms with Gasteiger partial charge in [0.2, 0.25) is 0 Å². The average molecular weight is 324 g/mol. The molecular formula is C15H18ClN3OS. The van der Waals surface area contributed by atoms with Gasteiger partial charge in [0.25, 0.3) is 5.56 Å².